The molecular formula is C20H27IN6O3. The quantitative estimate of drug-likeness (QED) is 0.148. The fourth-order valence-corrected chi connectivity index (χ4v) is 3.16. The average Bonchev–Trinajstić information content (AvgIpc) is 3.14. The molecule has 0 amide bonds. The van der Waals surface area contributed by atoms with E-state index < -0.39 is 4.92 Å². The number of hydrogen-bond donors (Lipinski definition) is 1. The van der Waals surface area contributed by atoms with Crippen LogP contribution in [-0.4, -0.2) is 58.6 Å². The van der Waals surface area contributed by atoms with Gasteiger partial charge in [0.15, 0.2) is 5.96 Å². The first-order valence-electron chi connectivity index (χ1n) is 9.57. The van der Waals surface area contributed by atoms with Gasteiger partial charge in [-0.1, -0.05) is 23.4 Å². The largest absolute Gasteiger partial charge is 0.361 e. The fraction of sp³-hybridized carbons (Fsp3) is 0.400. The fourth-order valence-electron chi connectivity index (χ4n) is 3.16. The lowest BCUT2D eigenvalue weighted by atomic mass is 10.2. The van der Waals surface area contributed by atoms with E-state index in [-0.39, 0.29) is 29.7 Å². The summed E-state index contributed by atoms with van der Waals surface area (Å²) in [6, 6.07) is 8.46. The number of aliphatic imine (C=N–C) groups is 1. The van der Waals surface area contributed by atoms with Crippen LogP contribution in [0, 0.1) is 17.0 Å². The number of halogens is 1. The van der Waals surface area contributed by atoms with E-state index in [1.54, 1.807) is 18.2 Å². The third-order valence-electron chi connectivity index (χ3n) is 4.70. The Morgan fingerprint density at radius 3 is 2.60 bits per heavy atom. The predicted molar refractivity (Wildman–Crippen MR) is 126 cm³/mol. The lowest BCUT2D eigenvalue weighted by molar-refractivity contribution is -0.384. The van der Waals surface area contributed by atoms with Gasteiger partial charge >= 0.3 is 0 Å². The molecule has 0 atom stereocenters. The number of rotatable bonds is 7. The summed E-state index contributed by atoms with van der Waals surface area (Å²) >= 11 is 0. The Balaban J connectivity index is 0.00000320. The molecule has 1 aromatic carbocycles. The van der Waals surface area contributed by atoms with Crippen molar-refractivity contribution in [2.45, 2.75) is 20.0 Å². The number of nitrogens with one attached hydrogen (secondary N) is 1. The summed E-state index contributed by atoms with van der Waals surface area (Å²) in [5, 5.41) is 18.2. The second kappa shape index (κ2) is 11.6. The summed E-state index contributed by atoms with van der Waals surface area (Å²) in [7, 11) is 0. The van der Waals surface area contributed by atoms with E-state index in [4.69, 9.17) is 9.52 Å². The first-order chi connectivity index (χ1) is 14.0. The molecular weight excluding hydrogens is 499 g/mol. The number of nitro benzene ring substituents is 1. The number of guanidine groups is 1. The van der Waals surface area contributed by atoms with Gasteiger partial charge in [0.1, 0.15) is 5.76 Å². The zero-order chi connectivity index (χ0) is 20.6. The minimum absolute atomic E-state index is 0. The molecule has 9 nitrogen and oxygen atoms in total. The highest BCUT2D eigenvalue weighted by atomic mass is 127. The van der Waals surface area contributed by atoms with Crippen LogP contribution < -0.4 is 5.32 Å². The number of aryl methyl sites for hydroxylation is 1. The van der Waals surface area contributed by atoms with Crippen molar-refractivity contribution in [3.63, 3.8) is 0 Å². The normalized spacial score (nSPS) is 14.8. The Kier molecular flexibility index (Phi) is 9.24. The van der Waals surface area contributed by atoms with Crippen molar-refractivity contribution in [3.05, 3.63) is 70.1 Å². The van der Waals surface area contributed by atoms with E-state index >= 15 is 0 Å². The number of nitro groups is 1. The van der Waals surface area contributed by atoms with Crippen molar-refractivity contribution < 1.29 is 9.45 Å². The second-order valence-electron chi connectivity index (χ2n) is 6.93. The Morgan fingerprint density at radius 1 is 1.33 bits per heavy atom. The Bertz CT molecular complexity index is 860. The van der Waals surface area contributed by atoms with Crippen molar-refractivity contribution in [1.82, 2.24) is 20.3 Å². The number of aromatic nitrogens is 1. The summed E-state index contributed by atoms with van der Waals surface area (Å²) < 4.78 is 5.14. The average molecular weight is 526 g/mol. The van der Waals surface area contributed by atoms with E-state index in [2.05, 4.69) is 26.9 Å². The van der Waals surface area contributed by atoms with Gasteiger partial charge in [0.2, 0.25) is 0 Å². The molecule has 30 heavy (non-hydrogen) atoms. The van der Waals surface area contributed by atoms with Crippen LogP contribution in [0.25, 0.3) is 0 Å². The van der Waals surface area contributed by atoms with Gasteiger partial charge in [0, 0.05) is 57.5 Å². The Hall–Kier alpha value is -2.47. The first-order valence-corrected chi connectivity index (χ1v) is 9.57. The molecule has 0 aliphatic carbocycles. The van der Waals surface area contributed by atoms with Crippen molar-refractivity contribution in [2.75, 3.05) is 32.7 Å². The van der Waals surface area contributed by atoms with Gasteiger partial charge in [0.05, 0.1) is 17.2 Å². The van der Waals surface area contributed by atoms with Gasteiger partial charge in [-0.2, -0.15) is 0 Å². The van der Waals surface area contributed by atoms with Crippen LogP contribution in [0.5, 0.6) is 0 Å². The van der Waals surface area contributed by atoms with Crippen molar-refractivity contribution in [3.8, 4) is 0 Å². The molecule has 1 fully saturated rings. The highest BCUT2D eigenvalue weighted by molar-refractivity contribution is 14.0. The maximum absolute atomic E-state index is 10.8. The zero-order valence-corrected chi connectivity index (χ0v) is 19.3. The molecule has 0 saturated carbocycles. The third-order valence-corrected chi connectivity index (χ3v) is 4.70. The van der Waals surface area contributed by atoms with Crippen LogP contribution in [0.3, 0.4) is 0 Å². The lowest BCUT2D eigenvalue weighted by Crippen LogP contribution is -2.52. The van der Waals surface area contributed by atoms with Crippen molar-refractivity contribution >= 4 is 35.6 Å². The molecule has 10 heteroatoms. The van der Waals surface area contributed by atoms with Gasteiger partial charge in [-0.3, -0.25) is 15.0 Å². The molecule has 1 N–H and O–H groups in total. The SMILES string of the molecule is C=CCNC(=NCc1ccc([N+](=O)[O-])cc1)N1CCN(Cc2cc(C)on2)CC1.I. The van der Waals surface area contributed by atoms with Gasteiger partial charge in [0.25, 0.3) is 5.69 Å². The van der Waals surface area contributed by atoms with Crippen LogP contribution in [-0.2, 0) is 13.1 Å². The first kappa shape index (κ1) is 23.8. The topological polar surface area (TPSA) is 100 Å². The number of non-ortho nitro benzene ring substituents is 1. The molecule has 1 saturated heterocycles. The molecule has 162 valence electrons. The molecule has 2 aromatic rings. The maximum Gasteiger partial charge on any atom is 0.269 e. The van der Waals surface area contributed by atoms with E-state index in [1.807, 2.05) is 13.0 Å². The Labute approximate surface area is 193 Å². The minimum atomic E-state index is -0.399. The predicted octanol–water partition coefficient (Wildman–Crippen LogP) is 2.96. The monoisotopic (exact) mass is 526 g/mol. The van der Waals surface area contributed by atoms with E-state index in [1.165, 1.54) is 12.1 Å². The third kappa shape index (κ3) is 6.80. The summed E-state index contributed by atoms with van der Waals surface area (Å²) in [5.74, 6) is 1.65. The molecule has 1 aromatic heterocycles. The van der Waals surface area contributed by atoms with Crippen LogP contribution >= 0.6 is 24.0 Å². The van der Waals surface area contributed by atoms with Crippen LogP contribution in [0.2, 0.25) is 0 Å². The molecule has 3 rings (SSSR count). The molecule has 0 radical (unpaired) electrons. The zero-order valence-electron chi connectivity index (χ0n) is 17.0. The molecule has 1 aliphatic heterocycles. The van der Waals surface area contributed by atoms with E-state index in [9.17, 15) is 10.1 Å². The summed E-state index contributed by atoms with van der Waals surface area (Å²) in [6.07, 6.45) is 1.80. The number of benzene rings is 1. The number of hydrogen-bond acceptors (Lipinski definition) is 6. The minimum Gasteiger partial charge on any atom is -0.361 e. The molecule has 0 unspecified atom stereocenters. The smallest absolute Gasteiger partial charge is 0.269 e. The van der Waals surface area contributed by atoms with Gasteiger partial charge in [-0.25, -0.2) is 4.99 Å². The molecule has 0 bridgehead atoms. The summed E-state index contributed by atoms with van der Waals surface area (Å²) in [6.45, 7) is 11.0. The van der Waals surface area contributed by atoms with Crippen molar-refractivity contribution in [2.24, 2.45) is 4.99 Å². The van der Waals surface area contributed by atoms with E-state index in [0.717, 1.165) is 55.7 Å². The summed E-state index contributed by atoms with van der Waals surface area (Å²) in [5.41, 5.74) is 1.96. The second-order valence-corrected chi connectivity index (χ2v) is 6.93. The molecule has 0 spiro atoms. The molecule has 1 aliphatic rings. The standard InChI is InChI=1S/C20H26N6O3.HI/c1-3-8-21-20(22-14-17-4-6-19(7-5-17)26(27)28)25-11-9-24(10-12-25)15-18-13-16(2)29-23-18;/h3-7,13H,1,8-12,14-15H2,2H3,(H,21,22);1H. The van der Waals surface area contributed by atoms with Crippen molar-refractivity contribution in [1.29, 1.82) is 0 Å². The lowest BCUT2D eigenvalue weighted by Gasteiger charge is -2.36. The summed E-state index contributed by atoms with van der Waals surface area (Å²) in [4.78, 5) is 19.7. The number of piperazine rings is 1. The highest BCUT2D eigenvalue weighted by Crippen LogP contribution is 2.13. The van der Waals surface area contributed by atoms with Crippen LogP contribution in [0.4, 0.5) is 5.69 Å². The van der Waals surface area contributed by atoms with E-state index in [0.29, 0.717) is 13.1 Å². The van der Waals surface area contributed by atoms with Gasteiger partial charge in [-0.05, 0) is 12.5 Å². The van der Waals surface area contributed by atoms with Gasteiger partial charge in [-0.15, -0.1) is 30.6 Å². The molecule has 2 heterocycles. The van der Waals surface area contributed by atoms with Gasteiger partial charge < -0.3 is 14.7 Å². The van der Waals surface area contributed by atoms with Crippen LogP contribution in [0.15, 0.2) is 52.5 Å². The number of nitrogens with zero attached hydrogens (tertiary/aromatic N) is 5. The van der Waals surface area contributed by atoms with Crippen LogP contribution in [0.1, 0.15) is 17.0 Å². The Morgan fingerprint density at radius 2 is 2.03 bits per heavy atom. The maximum atomic E-state index is 10.8. The highest BCUT2D eigenvalue weighted by Gasteiger charge is 2.20.